The largest absolute Gasteiger partial charge is 0.433 e. The first-order chi connectivity index (χ1) is 12.6. The van der Waals surface area contributed by atoms with Crippen molar-refractivity contribution in [1.82, 2.24) is 19.0 Å². The highest BCUT2D eigenvalue weighted by Crippen LogP contribution is 2.28. The Morgan fingerprint density at radius 1 is 1.22 bits per heavy atom. The Morgan fingerprint density at radius 3 is 2.44 bits per heavy atom. The number of carbonyl (C=O) groups is 1. The van der Waals surface area contributed by atoms with Gasteiger partial charge in [0.15, 0.2) is 0 Å². The Labute approximate surface area is 152 Å². The predicted molar refractivity (Wildman–Crippen MR) is 91.2 cm³/mol. The van der Waals surface area contributed by atoms with Crippen LogP contribution in [0.25, 0.3) is 11.0 Å². The van der Waals surface area contributed by atoms with Gasteiger partial charge in [0.1, 0.15) is 17.9 Å². The lowest BCUT2D eigenvalue weighted by Crippen LogP contribution is -2.46. The molecule has 0 radical (unpaired) electrons. The van der Waals surface area contributed by atoms with Crippen LogP contribution in [0.3, 0.4) is 0 Å². The van der Waals surface area contributed by atoms with E-state index in [0.29, 0.717) is 25.1 Å². The summed E-state index contributed by atoms with van der Waals surface area (Å²) in [7, 11) is 1.22. The monoisotopic (exact) mass is 384 g/mol. The zero-order valence-corrected chi connectivity index (χ0v) is 14.9. The molecule has 27 heavy (non-hydrogen) atoms. The van der Waals surface area contributed by atoms with Gasteiger partial charge < -0.3 is 4.90 Å². The normalized spacial score (nSPS) is 16.1. The van der Waals surface area contributed by atoms with Crippen LogP contribution in [0.2, 0.25) is 0 Å². The van der Waals surface area contributed by atoms with E-state index in [9.17, 15) is 27.6 Å². The summed E-state index contributed by atoms with van der Waals surface area (Å²) in [5.41, 5.74) is -3.26. The van der Waals surface area contributed by atoms with Crippen molar-refractivity contribution in [2.45, 2.75) is 32.5 Å². The van der Waals surface area contributed by atoms with Crippen LogP contribution >= 0.6 is 0 Å². The lowest BCUT2D eigenvalue weighted by atomic mass is 9.99. The maximum Gasteiger partial charge on any atom is 0.433 e. The fourth-order valence-electron chi connectivity index (χ4n) is 3.17. The minimum Gasteiger partial charge on any atom is -0.341 e. The quantitative estimate of drug-likeness (QED) is 0.784. The van der Waals surface area contributed by atoms with Gasteiger partial charge in [-0.05, 0) is 30.9 Å². The second-order valence-electron chi connectivity index (χ2n) is 6.86. The lowest BCUT2D eigenvalue weighted by Gasteiger charge is -2.30. The van der Waals surface area contributed by atoms with Gasteiger partial charge in [0.25, 0.3) is 5.56 Å². The standard InChI is InChI=1S/C17H19F3N4O3/c1-10-5-7-23(8-6-10)13(25)9-24-15(26)11-3-4-12(17(18,19)20)21-14(11)22(2)16(24)27/h3-4,10H,5-9H2,1-2H3. The molecule has 3 heterocycles. The Balaban J connectivity index is 2.01. The van der Waals surface area contributed by atoms with Gasteiger partial charge in [-0.15, -0.1) is 0 Å². The van der Waals surface area contributed by atoms with Crippen molar-refractivity contribution < 1.29 is 18.0 Å². The molecule has 0 spiro atoms. The number of alkyl halides is 3. The highest BCUT2D eigenvalue weighted by Gasteiger charge is 2.33. The summed E-state index contributed by atoms with van der Waals surface area (Å²) in [6.45, 7) is 2.75. The molecule has 0 N–H and O–H groups in total. The van der Waals surface area contributed by atoms with Gasteiger partial charge in [0.05, 0.1) is 5.39 Å². The SMILES string of the molecule is CC1CCN(C(=O)Cn2c(=O)c3ccc(C(F)(F)F)nc3n(C)c2=O)CC1. The number of likely N-dealkylation sites (tertiary alicyclic amines) is 1. The molecule has 2 aromatic rings. The Kier molecular flexibility index (Phi) is 4.83. The van der Waals surface area contributed by atoms with Crippen molar-refractivity contribution in [3.05, 3.63) is 38.7 Å². The van der Waals surface area contributed by atoms with Gasteiger partial charge in [-0.1, -0.05) is 6.92 Å². The third kappa shape index (κ3) is 3.60. The molecular formula is C17H19F3N4O3. The van der Waals surface area contributed by atoms with E-state index in [2.05, 4.69) is 11.9 Å². The van der Waals surface area contributed by atoms with Crippen molar-refractivity contribution in [1.29, 1.82) is 0 Å². The first-order valence-electron chi connectivity index (χ1n) is 8.55. The zero-order valence-electron chi connectivity index (χ0n) is 14.9. The second kappa shape index (κ2) is 6.82. The summed E-state index contributed by atoms with van der Waals surface area (Å²) in [5, 5.41) is -0.148. The maximum absolute atomic E-state index is 12.8. The smallest absolute Gasteiger partial charge is 0.341 e. The van der Waals surface area contributed by atoms with Crippen LogP contribution < -0.4 is 11.2 Å². The van der Waals surface area contributed by atoms with Crippen molar-refractivity contribution >= 4 is 16.9 Å². The van der Waals surface area contributed by atoms with Crippen LogP contribution in [0, 0.1) is 5.92 Å². The second-order valence-corrected chi connectivity index (χ2v) is 6.86. The Bertz CT molecular complexity index is 1000. The number of hydrogen-bond acceptors (Lipinski definition) is 4. The summed E-state index contributed by atoms with van der Waals surface area (Å²) >= 11 is 0. The molecule has 7 nitrogen and oxygen atoms in total. The third-order valence-electron chi connectivity index (χ3n) is 4.91. The lowest BCUT2D eigenvalue weighted by molar-refractivity contribution is -0.141. The fraction of sp³-hybridized carbons (Fsp3) is 0.529. The van der Waals surface area contributed by atoms with Crippen LogP contribution in [-0.2, 0) is 24.6 Å². The summed E-state index contributed by atoms with van der Waals surface area (Å²) in [6.07, 6.45) is -3.00. The van der Waals surface area contributed by atoms with Crippen LogP contribution in [0.15, 0.2) is 21.7 Å². The fourth-order valence-corrected chi connectivity index (χ4v) is 3.17. The molecule has 0 aliphatic carbocycles. The zero-order chi connectivity index (χ0) is 19.9. The molecule has 10 heteroatoms. The van der Waals surface area contributed by atoms with Crippen LogP contribution in [-0.4, -0.2) is 38.0 Å². The first kappa shape index (κ1) is 19.1. The number of piperidine rings is 1. The molecular weight excluding hydrogens is 365 g/mol. The van der Waals surface area contributed by atoms with E-state index >= 15 is 0 Å². The van der Waals surface area contributed by atoms with Gasteiger partial charge in [0, 0.05) is 20.1 Å². The number of hydrogen-bond donors (Lipinski definition) is 0. The van der Waals surface area contributed by atoms with Crippen molar-refractivity contribution in [2.24, 2.45) is 13.0 Å². The molecule has 1 saturated heterocycles. The molecule has 0 bridgehead atoms. The number of carbonyl (C=O) groups excluding carboxylic acids is 1. The Morgan fingerprint density at radius 2 is 1.85 bits per heavy atom. The van der Waals surface area contributed by atoms with E-state index in [4.69, 9.17) is 0 Å². The maximum atomic E-state index is 12.8. The number of halogens is 3. The average molecular weight is 384 g/mol. The number of amides is 1. The molecule has 146 valence electrons. The molecule has 0 aromatic carbocycles. The van der Waals surface area contributed by atoms with E-state index < -0.39 is 29.7 Å². The van der Waals surface area contributed by atoms with Crippen molar-refractivity contribution in [3.63, 3.8) is 0 Å². The van der Waals surface area contributed by atoms with Crippen molar-refractivity contribution in [3.8, 4) is 0 Å². The van der Waals surface area contributed by atoms with Gasteiger partial charge in [-0.3, -0.25) is 18.7 Å². The summed E-state index contributed by atoms with van der Waals surface area (Å²) < 4.78 is 40.2. The highest BCUT2D eigenvalue weighted by atomic mass is 19.4. The molecule has 0 atom stereocenters. The van der Waals surface area contributed by atoms with Gasteiger partial charge in [-0.25, -0.2) is 9.78 Å². The molecule has 1 aliphatic heterocycles. The predicted octanol–water partition coefficient (Wildman–Crippen LogP) is 1.37. The van der Waals surface area contributed by atoms with E-state index in [1.54, 1.807) is 4.90 Å². The molecule has 1 aliphatic rings. The van der Waals surface area contributed by atoms with Crippen LogP contribution in [0.4, 0.5) is 13.2 Å². The minimum absolute atomic E-state index is 0.148. The molecule has 0 saturated carbocycles. The third-order valence-corrected chi connectivity index (χ3v) is 4.91. The van der Waals surface area contributed by atoms with Gasteiger partial charge >= 0.3 is 11.9 Å². The number of aromatic nitrogens is 3. The number of fused-ring (bicyclic) bond motifs is 1. The number of nitrogens with zero attached hydrogens (tertiary/aromatic N) is 4. The molecule has 3 rings (SSSR count). The number of rotatable bonds is 2. The number of pyridine rings is 1. The first-order valence-corrected chi connectivity index (χ1v) is 8.55. The summed E-state index contributed by atoms with van der Waals surface area (Å²) in [4.78, 5) is 42.5. The minimum atomic E-state index is -4.69. The average Bonchev–Trinajstić information content (AvgIpc) is 2.62. The summed E-state index contributed by atoms with van der Waals surface area (Å²) in [6, 6.07) is 1.67. The van der Waals surface area contributed by atoms with E-state index in [1.165, 1.54) is 7.05 Å². The molecule has 0 unspecified atom stereocenters. The molecule has 1 amide bonds. The van der Waals surface area contributed by atoms with Crippen molar-refractivity contribution in [2.75, 3.05) is 13.1 Å². The van der Waals surface area contributed by atoms with Crippen LogP contribution in [0.1, 0.15) is 25.5 Å². The van der Waals surface area contributed by atoms with Gasteiger partial charge in [0.2, 0.25) is 5.91 Å². The molecule has 2 aromatic heterocycles. The van der Waals surface area contributed by atoms with E-state index in [1.807, 2.05) is 0 Å². The highest BCUT2D eigenvalue weighted by molar-refractivity contribution is 5.77. The van der Waals surface area contributed by atoms with Gasteiger partial charge in [-0.2, -0.15) is 13.2 Å². The molecule has 1 fully saturated rings. The topological polar surface area (TPSA) is 77.2 Å². The van der Waals surface area contributed by atoms with E-state index in [0.717, 1.165) is 28.0 Å². The number of aryl methyl sites for hydroxylation is 1. The Hall–Kier alpha value is -2.65. The van der Waals surface area contributed by atoms with E-state index in [-0.39, 0.29) is 16.9 Å². The summed E-state index contributed by atoms with van der Waals surface area (Å²) in [5.74, 6) is 0.152. The van der Waals surface area contributed by atoms with Crippen LogP contribution in [0.5, 0.6) is 0 Å².